The molecular formula is C36H33N4+. The molecule has 40 heavy (non-hydrogen) atoms. The number of hydrogen-bond acceptors (Lipinski definition) is 2. The van der Waals surface area contributed by atoms with Crippen LogP contribution in [0.1, 0.15) is 54.8 Å². The van der Waals surface area contributed by atoms with E-state index in [0.717, 1.165) is 55.7 Å². The molecular weight excluding hydrogens is 488 g/mol. The van der Waals surface area contributed by atoms with Crippen molar-refractivity contribution < 1.29 is 0 Å². The van der Waals surface area contributed by atoms with Crippen LogP contribution in [0.2, 0.25) is 0 Å². The van der Waals surface area contributed by atoms with Gasteiger partial charge in [0.25, 0.3) is 6.21 Å². The van der Waals surface area contributed by atoms with Gasteiger partial charge >= 0.3 is 5.71 Å². The Hall–Kier alpha value is -4.40. The number of nitrogens with zero attached hydrogens (tertiary/aromatic N) is 2. The van der Waals surface area contributed by atoms with Gasteiger partial charge in [0.05, 0.1) is 0 Å². The normalized spacial score (nSPS) is 25.9. The van der Waals surface area contributed by atoms with Crippen molar-refractivity contribution >= 4 is 23.2 Å². The zero-order valence-corrected chi connectivity index (χ0v) is 22.6. The molecule has 0 saturated carbocycles. The lowest BCUT2D eigenvalue weighted by atomic mass is 9.66. The van der Waals surface area contributed by atoms with Crippen molar-refractivity contribution in [2.75, 3.05) is 6.54 Å². The Balaban J connectivity index is 1.12. The molecule has 196 valence electrons. The summed E-state index contributed by atoms with van der Waals surface area (Å²) in [5.74, 6) is 1.36. The number of hydrogen-bond donors (Lipinski definition) is 2. The Bertz CT molecular complexity index is 1720. The molecule has 0 amide bonds. The number of allylic oxidation sites excluding steroid dienone is 11. The van der Waals surface area contributed by atoms with Gasteiger partial charge in [0.2, 0.25) is 0 Å². The Morgan fingerprint density at radius 1 is 0.925 bits per heavy atom. The largest absolute Gasteiger partial charge is 0.391 e. The van der Waals surface area contributed by atoms with Crippen LogP contribution in [0.4, 0.5) is 0 Å². The summed E-state index contributed by atoms with van der Waals surface area (Å²) in [5.41, 5.74) is 14.3. The van der Waals surface area contributed by atoms with E-state index in [1.165, 1.54) is 39.1 Å². The summed E-state index contributed by atoms with van der Waals surface area (Å²) in [6.07, 6.45) is 29.9. The Morgan fingerprint density at radius 3 is 2.75 bits per heavy atom. The molecule has 0 bridgehead atoms. The highest BCUT2D eigenvalue weighted by Crippen LogP contribution is 2.50. The van der Waals surface area contributed by atoms with Crippen molar-refractivity contribution in [1.82, 2.24) is 15.0 Å². The monoisotopic (exact) mass is 521 g/mol. The minimum absolute atomic E-state index is 0.376. The molecule has 0 radical (unpaired) electrons. The Labute approximate surface area is 235 Å². The molecule has 0 fully saturated rings. The van der Waals surface area contributed by atoms with Crippen LogP contribution in [-0.4, -0.2) is 29.2 Å². The smallest absolute Gasteiger partial charge is 0.350 e. The molecule has 4 heteroatoms. The van der Waals surface area contributed by atoms with Crippen LogP contribution < -0.4 is 9.98 Å². The number of aromatic amines is 1. The average Bonchev–Trinajstić information content (AvgIpc) is 3.74. The summed E-state index contributed by atoms with van der Waals surface area (Å²) < 4.78 is 4.45. The topological polar surface area (TPSA) is 54.3 Å². The van der Waals surface area contributed by atoms with E-state index in [9.17, 15) is 0 Å². The lowest BCUT2D eigenvalue weighted by molar-refractivity contribution is 0.545. The number of fused-ring (bicyclic) bond motifs is 5. The van der Waals surface area contributed by atoms with Crippen molar-refractivity contribution in [1.29, 1.82) is 0 Å². The molecule has 6 aliphatic rings. The maximum absolute atomic E-state index is 5.01. The number of benzene rings is 1. The first kappa shape index (κ1) is 23.5. The van der Waals surface area contributed by atoms with Crippen molar-refractivity contribution in [2.24, 2.45) is 16.8 Å². The average molecular weight is 522 g/mol. The second-order valence-electron chi connectivity index (χ2n) is 11.5. The molecule has 8 rings (SSSR count). The molecule has 4 heterocycles. The number of nitrogens with one attached hydrogen (secondary N) is 2. The summed E-state index contributed by atoms with van der Waals surface area (Å²) >= 11 is 0. The second-order valence-corrected chi connectivity index (χ2v) is 11.5. The van der Waals surface area contributed by atoms with E-state index in [2.05, 4.69) is 94.2 Å². The van der Waals surface area contributed by atoms with E-state index in [4.69, 9.17) is 4.99 Å². The van der Waals surface area contributed by atoms with Crippen molar-refractivity contribution in [3.63, 3.8) is 0 Å². The van der Waals surface area contributed by atoms with Crippen LogP contribution in [0, 0.1) is 11.8 Å². The molecule has 3 aliphatic carbocycles. The minimum atomic E-state index is 0.376. The van der Waals surface area contributed by atoms with E-state index in [0.29, 0.717) is 17.8 Å². The van der Waals surface area contributed by atoms with Crippen LogP contribution in [-0.2, 0) is 0 Å². The fraction of sp³-hybridized carbons (Fsp3) is 0.250. The van der Waals surface area contributed by atoms with Gasteiger partial charge in [-0.15, -0.1) is 0 Å². The minimum Gasteiger partial charge on any atom is -0.391 e. The molecule has 2 N–H and O–H groups in total. The first-order valence-corrected chi connectivity index (χ1v) is 14.7. The standard InChI is InChI=1S/C36H32N4/c1-2-7-28-27(6-1)31-19-23(33-14-11-26(22-39-33)25-5-3-17-37-21-25)9-12-29(31)30-13-10-24(20-32(28)30)34-15-16-36(40-34)35-8-4-18-38-35/h2-4,7-10,12-13,15-20,22,25,29,31,37H,1,5-6,11,14,21H2/p+1. The van der Waals surface area contributed by atoms with Crippen LogP contribution in [0.5, 0.6) is 0 Å². The summed E-state index contributed by atoms with van der Waals surface area (Å²) in [6.45, 7) is 1.03. The molecule has 1 aromatic carbocycles. The van der Waals surface area contributed by atoms with Gasteiger partial charge in [0, 0.05) is 54.1 Å². The first-order valence-electron chi connectivity index (χ1n) is 14.7. The molecule has 1 aromatic heterocycles. The van der Waals surface area contributed by atoms with E-state index in [1.807, 2.05) is 18.4 Å². The number of rotatable bonds is 4. The molecule has 4 nitrogen and oxygen atoms in total. The Morgan fingerprint density at radius 2 is 1.90 bits per heavy atom. The van der Waals surface area contributed by atoms with Crippen LogP contribution in [0.15, 0.2) is 113 Å². The first-order chi connectivity index (χ1) is 19.8. The third kappa shape index (κ3) is 3.99. The SMILES string of the molecule is C1=CC(c2ccc(-c3ccc4c(c3)C3=C(CCC=C3)C3C=C(C5=NC=C(C6CC=CNC6)CC5)C=CC43)[nH]2)=[N+]=C1. The maximum atomic E-state index is 5.01. The molecule has 3 unspecified atom stereocenters. The third-order valence-corrected chi connectivity index (χ3v) is 9.29. The van der Waals surface area contributed by atoms with Gasteiger partial charge in [-0.2, -0.15) is 0 Å². The van der Waals surface area contributed by atoms with Crippen LogP contribution >= 0.6 is 0 Å². The van der Waals surface area contributed by atoms with Gasteiger partial charge < -0.3 is 10.3 Å². The van der Waals surface area contributed by atoms with Gasteiger partial charge in [-0.1, -0.05) is 58.8 Å². The fourth-order valence-corrected chi connectivity index (χ4v) is 7.17. The number of aliphatic imine (C=N–C) groups is 1. The van der Waals surface area contributed by atoms with Crippen molar-refractivity contribution in [2.45, 2.75) is 38.0 Å². The van der Waals surface area contributed by atoms with Gasteiger partial charge in [-0.3, -0.25) is 4.99 Å². The van der Waals surface area contributed by atoms with Gasteiger partial charge in [0.1, 0.15) is 5.69 Å². The lowest BCUT2D eigenvalue weighted by Crippen LogP contribution is -2.25. The quantitative estimate of drug-likeness (QED) is 0.431. The number of H-pyrrole nitrogens is 1. The molecule has 0 saturated heterocycles. The predicted octanol–water partition coefficient (Wildman–Crippen LogP) is 6.73. The Kier molecular flexibility index (Phi) is 5.67. The van der Waals surface area contributed by atoms with E-state index >= 15 is 0 Å². The highest BCUT2D eigenvalue weighted by atomic mass is 14.8. The maximum Gasteiger partial charge on any atom is 0.350 e. The molecule has 0 spiro atoms. The van der Waals surface area contributed by atoms with Crippen molar-refractivity contribution in [3.8, 4) is 11.3 Å². The summed E-state index contributed by atoms with van der Waals surface area (Å²) in [7, 11) is 0. The molecule has 3 atom stereocenters. The van der Waals surface area contributed by atoms with Gasteiger partial charge in [-0.25, -0.2) is 0 Å². The zero-order chi connectivity index (χ0) is 26.5. The summed E-state index contributed by atoms with van der Waals surface area (Å²) in [4.78, 5) is 8.59. The zero-order valence-electron chi connectivity index (χ0n) is 22.6. The van der Waals surface area contributed by atoms with E-state index < -0.39 is 0 Å². The number of aromatic nitrogens is 1. The molecule has 3 aliphatic heterocycles. The van der Waals surface area contributed by atoms with Crippen LogP contribution in [0.3, 0.4) is 0 Å². The predicted molar refractivity (Wildman–Crippen MR) is 166 cm³/mol. The van der Waals surface area contributed by atoms with E-state index in [-0.39, 0.29) is 0 Å². The second kappa shape index (κ2) is 9.66. The van der Waals surface area contributed by atoms with Crippen LogP contribution in [0.25, 0.3) is 16.8 Å². The highest BCUT2D eigenvalue weighted by Gasteiger charge is 2.35. The summed E-state index contributed by atoms with van der Waals surface area (Å²) in [5, 5.41) is 3.38. The van der Waals surface area contributed by atoms with E-state index in [1.54, 1.807) is 5.57 Å². The summed E-state index contributed by atoms with van der Waals surface area (Å²) in [6, 6.07) is 11.3. The van der Waals surface area contributed by atoms with Crippen molar-refractivity contribution in [3.05, 3.63) is 125 Å². The molecule has 2 aromatic rings. The van der Waals surface area contributed by atoms with Gasteiger partial charge in [0.15, 0.2) is 0 Å². The fourth-order valence-electron chi connectivity index (χ4n) is 7.17. The third-order valence-electron chi connectivity index (χ3n) is 9.29. The lowest BCUT2D eigenvalue weighted by Gasteiger charge is -2.38. The highest BCUT2D eigenvalue weighted by molar-refractivity contribution is 6.12. The van der Waals surface area contributed by atoms with Gasteiger partial charge in [-0.05, 0) is 89.9 Å².